The quantitative estimate of drug-likeness (QED) is 0.647. The van der Waals surface area contributed by atoms with Crippen molar-refractivity contribution in [2.75, 3.05) is 5.88 Å². The molecule has 3 saturated carbocycles. The SMILES string of the molecule is CC1(C)O[C@@H]2C[C@H]3[C@@H]4CCC5=CC(=O)C=C[C@]5(C)[C@@]4(F)[C@@H](O)C[C@]3(C)[C@]2(C(=O)CCl)O1. The molecule has 5 aliphatic rings. The molecular formula is C24H30ClFO5. The lowest BCUT2D eigenvalue weighted by Crippen LogP contribution is -2.69. The molecular weight excluding hydrogens is 423 g/mol. The Morgan fingerprint density at radius 2 is 2.00 bits per heavy atom. The number of carbonyl (C=O) groups excluding carboxylic acids is 2. The lowest BCUT2D eigenvalue weighted by atomic mass is 9.44. The molecule has 0 unspecified atom stereocenters. The number of ketones is 2. The summed E-state index contributed by atoms with van der Waals surface area (Å²) in [7, 11) is 0. The van der Waals surface area contributed by atoms with Crippen molar-refractivity contribution in [3.8, 4) is 0 Å². The first kappa shape index (κ1) is 21.7. The summed E-state index contributed by atoms with van der Waals surface area (Å²) < 4.78 is 29.7. The molecule has 0 spiro atoms. The van der Waals surface area contributed by atoms with E-state index >= 15 is 4.39 Å². The van der Waals surface area contributed by atoms with Crippen LogP contribution in [0.15, 0.2) is 23.8 Å². The van der Waals surface area contributed by atoms with E-state index in [4.69, 9.17) is 21.1 Å². The standard InChI is InChI=1S/C24H30ClFO5/c1-20(2)30-19-10-16-15-6-5-13-9-14(27)7-8-21(13,3)23(15,26)17(28)11-22(16,4)24(19,31-20)18(29)12-25/h7-9,15-17,19,28H,5-6,10-12H2,1-4H3/t15-,16-,17-,19+,21-,22-,23-,24+/m0/s1. The molecule has 8 atom stereocenters. The third kappa shape index (κ3) is 2.38. The fourth-order valence-corrected chi connectivity index (χ4v) is 8.11. The number of carbonyl (C=O) groups is 2. The summed E-state index contributed by atoms with van der Waals surface area (Å²) in [6.07, 6.45) is 4.32. The van der Waals surface area contributed by atoms with Crippen LogP contribution in [0.1, 0.15) is 53.4 Å². The van der Waals surface area contributed by atoms with Gasteiger partial charge in [0.25, 0.3) is 0 Å². The Bertz CT molecular complexity index is 929. The zero-order chi connectivity index (χ0) is 22.6. The van der Waals surface area contributed by atoms with Crippen molar-refractivity contribution in [1.29, 1.82) is 0 Å². The van der Waals surface area contributed by atoms with Gasteiger partial charge in [-0.3, -0.25) is 9.59 Å². The van der Waals surface area contributed by atoms with Gasteiger partial charge in [-0.2, -0.15) is 0 Å². The molecule has 0 bridgehead atoms. The zero-order valence-corrected chi connectivity index (χ0v) is 19.2. The van der Waals surface area contributed by atoms with Crippen molar-refractivity contribution in [2.24, 2.45) is 22.7 Å². The summed E-state index contributed by atoms with van der Waals surface area (Å²) in [4.78, 5) is 25.2. The summed E-state index contributed by atoms with van der Waals surface area (Å²) >= 11 is 6.04. The van der Waals surface area contributed by atoms with E-state index in [2.05, 4.69) is 0 Å². The van der Waals surface area contributed by atoms with E-state index in [1.54, 1.807) is 26.8 Å². The van der Waals surface area contributed by atoms with Gasteiger partial charge >= 0.3 is 0 Å². The van der Waals surface area contributed by atoms with Gasteiger partial charge in [-0.25, -0.2) is 4.39 Å². The highest BCUT2D eigenvalue weighted by Crippen LogP contribution is 2.72. The molecule has 4 fully saturated rings. The van der Waals surface area contributed by atoms with Gasteiger partial charge in [-0.15, -0.1) is 11.6 Å². The van der Waals surface area contributed by atoms with Crippen LogP contribution in [0.3, 0.4) is 0 Å². The average molecular weight is 453 g/mol. The number of alkyl halides is 2. The van der Waals surface area contributed by atoms with Crippen molar-refractivity contribution >= 4 is 23.2 Å². The lowest BCUT2D eigenvalue weighted by molar-refractivity contribution is -0.245. The smallest absolute Gasteiger partial charge is 0.182 e. The number of ether oxygens (including phenoxy) is 2. The van der Waals surface area contributed by atoms with Crippen LogP contribution in [0, 0.1) is 22.7 Å². The highest BCUT2D eigenvalue weighted by atomic mass is 35.5. The van der Waals surface area contributed by atoms with E-state index in [9.17, 15) is 14.7 Å². The van der Waals surface area contributed by atoms with Gasteiger partial charge in [0.2, 0.25) is 0 Å². The van der Waals surface area contributed by atoms with E-state index in [0.29, 0.717) is 19.3 Å². The molecule has 5 rings (SSSR count). The average Bonchev–Trinajstić information content (AvgIpc) is 3.09. The number of hydrogen-bond donors (Lipinski definition) is 1. The predicted octanol–water partition coefficient (Wildman–Crippen LogP) is 3.67. The van der Waals surface area contributed by atoms with Crippen LogP contribution in [-0.4, -0.2) is 51.8 Å². The Kier molecular flexibility index (Phi) is 4.41. The predicted molar refractivity (Wildman–Crippen MR) is 112 cm³/mol. The Balaban J connectivity index is 1.64. The second-order valence-electron chi connectivity index (χ2n) is 10.9. The minimum Gasteiger partial charge on any atom is -0.390 e. The summed E-state index contributed by atoms with van der Waals surface area (Å²) in [5.74, 6) is -2.32. The summed E-state index contributed by atoms with van der Waals surface area (Å²) in [5.41, 5.74) is -4.39. The second kappa shape index (κ2) is 6.28. The number of aliphatic hydroxyl groups is 1. The van der Waals surface area contributed by atoms with Crippen LogP contribution in [0.2, 0.25) is 0 Å². The van der Waals surface area contributed by atoms with Crippen LogP contribution < -0.4 is 0 Å². The molecule has 1 heterocycles. The molecule has 0 aromatic rings. The van der Waals surface area contributed by atoms with Gasteiger partial charge in [0.1, 0.15) is 0 Å². The van der Waals surface area contributed by atoms with Crippen molar-refractivity contribution in [1.82, 2.24) is 0 Å². The molecule has 1 aliphatic heterocycles. The van der Waals surface area contributed by atoms with Gasteiger partial charge in [0.15, 0.2) is 28.6 Å². The number of aliphatic hydroxyl groups excluding tert-OH is 1. The van der Waals surface area contributed by atoms with Gasteiger partial charge in [-0.05, 0) is 64.5 Å². The van der Waals surface area contributed by atoms with Crippen molar-refractivity contribution < 1.29 is 28.6 Å². The van der Waals surface area contributed by atoms with E-state index < -0.39 is 46.0 Å². The van der Waals surface area contributed by atoms with Crippen molar-refractivity contribution in [2.45, 2.75) is 82.6 Å². The molecule has 170 valence electrons. The van der Waals surface area contributed by atoms with Crippen LogP contribution in [0.25, 0.3) is 0 Å². The maximum absolute atomic E-state index is 17.2. The molecule has 0 radical (unpaired) electrons. The molecule has 31 heavy (non-hydrogen) atoms. The highest BCUT2D eigenvalue weighted by Gasteiger charge is 2.79. The van der Waals surface area contributed by atoms with Crippen molar-refractivity contribution in [3.63, 3.8) is 0 Å². The van der Waals surface area contributed by atoms with E-state index in [1.165, 1.54) is 12.2 Å². The molecule has 0 aromatic carbocycles. The normalized spacial score (nSPS) is 52.1. The molecule has 5 nitrogen and oxygen atoms in total. The Morgan fingerprint density at radius 1 is 1.29 bits per heavy atom. The van der Waals surface area contributed by atoms with E-state index in [-0.39, 0.29) is 29.8 Å². The van der Waals surface area contributed by atoms with Gasteiger partial charge in [-0.1, -0.05) is 18.6 Å². The first-order chi connectivity index (χ1) is 14.4. The first-order valence-corrected chi connectivity index (χ1v) is 11.7. The number of Topliss-reactive ketones (excluding diaryl/α,β-unsaturated/α-hetero) is 1. The topological polar surface area (TPSA) is 72.8 Å². The minimum absolute atomic E-state index is 0.0634. The van der Waals surface area contributed by atoms with Gasteiger partial charge in [0.05, 0.1) is 18.1 Å². The van der Waals surface area contributed by atoms with Gasteiger partial charge < -0.3 is 14.6 Å². The molecule has 7 heteroatoms. The van der Waals surface area contributed by atoms with E-state index in [1.807, 2.05) is 6.92 Å². The Labute approximate surface area is 187 Å². The molecule has 1 saturated heterocycles. The summed E-state index contributed by atoms with van der Waals surface area (Å²) in [6, 6.07) is 0. The number of halogens is 2. The summed E-state index contributed by atoms with van der Waals surface area (Å²) in [6.45, 7) is 7.26. The fourth-order valence-electron chi connectivity index (χ4n) is 7.91. The lowest BCUT2D eigenvalue weighted by Gasteiger charge is -2.62. The minimum atomic E-state index is -1.95. The highest BCUT2D eigenvalue weighted by molar-refractivity contribution is 6.29. The first-order valence-electron chi connectivity index (χ1n) is 11.1. The number of allylic oxidation sites excluding steroid dienone is 4. The monoisotopic (exact) mass is 452 g/mol. The zero-order valence-electron chi connectivity index (χ0n) is 18.4. The van der Waals surface area contributed by atoms with Crippen LogP contribution in [0.5, 0.6) is 0 Å². The Morgan fingerprint density at radius 3 is 2.68 bits per heavy atom. The second-order valence-corrected chi connectivity index (χ2v) is 11.2. The third-order valence-corrected chi connectivity index (χ3v) is 9.41. The number of hydrogen-bond acceptors (Lipinski definition) is 5. The van der Waals surface area contributed by atoms with Gasteiger partial charge in [0, 0.05) is 16.7 Å². The third-order valence-electron chi connectivity index (χ3n) is 9.17. The van der Waals surface area contributed by atoms with E-state index in [0.717, 1.165) is 5.57 Å². The number of rotatable bonds is 2. The van der Waals surface area contributed by atoms with Crippen molar-refractivity contribution in [3.05, 3.63) is 23.8 Å². The maximum Gasteiger partial charge on any atom is 0.182 e. The number of fused-ring (bicyclic) bond motifs is 7. The van der Waals surface area contributed by atoms with Crippen LogP contribution in [0.4, 0.5) is 4.39 Å². The molecule has 1 N–H and O–H groups in total. The van der Waals surface area contributed by atoms with Crippen LogP contribution in [-0.2, 0) is 19.1 Å². The largest absolute Gasteiger partial charge is 0.390 e. The molecule has 4 aliphatic carbocycles. The Hall–Kier alpha value is -1.08. The summed E-state index contributed by atoms with van der Waals surface area (Å²) in [5, 5.41) is 11.4. The fraction of sp³-hybridized carbons (Fsp3) is 0.750. The molecule has 0 aromatic heterocycles. The molecule has 0 amide bonds. The van der Waals surface area contributed by atoms with Crippen LogP contribution >= 0.6 is 11.6 Å². The maximum atomic E-state index is 17.2.